The lowest BCUT2D eigenvalue weighted by atomic mass is 10.1. The average Bonchev–Trinajstić information content (AvgIpc) is 2.80. The number of carbonyl (C=O) groups excluding carboxylic acids is 1. The van der Waals surface area contributed by atoms with Gasteiger partial charge < -0.3 is 14.2 Å². The van der Waals surface area contributed by atoms with E-state index in [1.807, 2.05) is 38.1 Å². The van der Waals surface area contributed by atoms with Crippen LogP contribution < -0.4 is 19.6 Å². The second kappa shape index (κ2) is 11.6. The molecule has 0 fully saturated rings. The summed E-state index contributed by atoms with van der Waals surface area (Å²) in [6.07, 6.45) is 1.52. The maximum absolute atomic E-state index is 12.1. The number of nitrogens with zero attached hydrogens (tertiary/aromatic N) is 1. The Bertz CT molecular complexity index is 1140. The summed E-state index contributed by atoms with van der Waals surface area (Å²) in [5, 5.41) is 4.95. The van der Waals surface area contributed by atoms with Gasteiger partial charge in [0.1, 0.15) is 12.4 Å². The van der Waals surface area contributed by atoms with Gasteiger partial charge in [-0.15, -0.1) is 0 Å². The number of rotatable bonds is 9. The van der Waals surface area contributed by atoms with E-state index in [2.05, 4.69) is 10.5 Å². The Hall–Kier alpha value is -3.22. The molecule has 0 aliphatic heterocycles. The summed E-state index contributed by atoms with van der Waals surface area (Å²) in [7, 11) is 1.55. The number of aryl methyl sites for hydroxylation is 2. The van der Waals surface area contributed by atoms with Crippen molar-refractivity contribution >= 4 is 35.3 Å². The zero-order valence-electron chi connectivity index (χ0n) is 18.5. The summed E-state index contributed by atoms with van der Waals surface area (Å²) in [6, 6.07) is 16.5. The van der Waals surface area contributed by atoms with E-state index in [1.54, 1.807) is 37.4 Å². The standard InChI is InChI=1S/C25H24Cl2N2O4/c1-16-5-4-6-17(2)25(16)33-15-24(30)29-28-13-18-8-10-22(23(12-18)31-3)32-14-19-7-9-20(26)21(27)11-19/h4-13H,14-15H2,1-3H3,(H,29,30)/b28-13-. The quantitative estimate of drug-likeness (QED) is 0.309. The number of benzene rings is 3. The Morgan fingerprint density at radius 2 is 1.73 bits per heavy atom. The van der Waals surface area contributed by atoms with Crippen LogP contribution in [0.1, 0.15) is 22.3 Å². The molecular formula is C25H24Cl2N2O4. The highest BCUT2D eigenvalue weighted by Gasteiger charge is 2.08. The van der Waals surface area contributed by atoms with E-state index in [9.17, 15) is 4.79 Å². The maximum Gasteiger partial charge on any atom is 0.277 e. The molecule has 172 valence electrons. The van der Waals surface area contributed by atoms with Gasteiger partial charge in [0.15, 0.2) is 18.1 Å². The second-order valence-electron chi connectivity index (χ2n) is 7.25. The number of ether oxygens (including phenoxy) is 3. The molecule has 8 heteroatoms. The molecule has 0 radical (unpaired) electrons. The van der Waals surface area contributed by atoms with Crippen molar-refractivity contribution in [1.82, 2.24) is 5.43 Å². The third-order valence-corrected chi connectivity index (χ3v) is 5.46. The molecule has 1 N–H and O–H groups in total. The van der Waals surface area contributed by atoms with Gasteiger partial charge in [0, 0.05) is 0 Å². The Morgan fingerprint density at radius 1 is 0.970 bits per heavy atom. The Labute approximate surface area is 203 Å². The van der Waals surface area contributed by atoms with Gasteiger partial charge in [0.25, 0.3) is 5.91 Å². The number of hydrazone groups is 1. The molecule has 0 aliphatic rings. The lowest BCUT2D eigenvalue weighted by Gasteiger charge is -2.12. The van der Waals surface area contributed by atoms with Gasteiger partial charge in [-0.1, -0.05) is 47.5 Å². The molecule has 0 unspecified atom stereocenters. The second-order valence-corrected chi connectivity index (χ2v) is 8.06. The molecule has 3 aromatic carbocycles. The van der Waals surface area contributed by atoms with Crippen molar-refractivity contribution in [2.45, 2.75) is 20.5 Å². The summed E-state index contributed by atoms with van der Waals surface area (Å²) >= 11 is 12.0. The van der Waals surface area contributed by atoms with E-state index in [-0.39, 0.29) is 12.5 Å². The number of carbonyl (C=O) groups is 1. The summed E-state index contributed by atoms with van der Waals surface area (Å²) in [5.74, 6) is 1.44. The van der Waals surface area contributed by atoms with E-state index in [1.165, 1.54) is 6.21 Å². The zero-order chi connectivity index (χ0) is 23.8. The number of hydrogen-bond acceptors (Lipinski definition) is 5. The molecule has 0 heterocycles. The van der Waals surface area contributed by atoms with Crippen LogP contribution in [0.25, 0.3) is 0 Å². The maximum atomic E-state index is 12.1. The number of nitrogens with one attached hydrogen (secondary N) is 1. The first-order chi connectivity index (χ1) is 15.9. The minimum atomic E-state index is -0.359. The SMILES string of the molecule is COc1cc(/C=N\NC(=O)COc2c(C)cccc2C)ccc1OCc1ccc(Cl)c(Cl)c1. The van der Waals surface area contributed by atoms with Crippen molar-refractivity contribution in [2.24, 2.45) is 5.10 Å². The van der Waals surface area contributed by atoms with Crippen LogP contribution in [0.4, 0.5) is 0 Å². The van der Waals surface area contributed by atoms with Gasteiger partial charge in [-0.05, 0) is 66.4 Å². The van der Waals surface area contributed by atoms with E-state index >= 15 is 0 Å². The van der Waals surface area contributed by atoms with Gasteiger partial charge >= 0.3 is 0 Å². The van der Waals surface area contributed by atoms with Crippen LogP contribution in [-0.2, 0) is 11.4 Å². The molecule has 0 saturated carbocycles. The van der Waals surface area contributed by atoms with Crippen molar-refractivity contribution in [3.63, 3.8) is 0 Å². The molecule has 0 bridgehead atoms. The van der Waals surface area contributed by atoms with Crippen LogP contribution in [0.2, 0.25) is 10.0 Å². The summed E-state index contributed by atoms with van der Waals surface area (Å²) < 4.78 is 16.9. The van der Waals surface area contributed by atoms with Crippen molar-refractivity contribution in [2.75, 3.05) is 13.7 Å². The summed E-state index contributed by atoms with van der Waals surface area (Å²) in [5.41, 5.74) is 6.01. The fraction of sp³-hybridized carbons (Fsp3) is 0.200. The Kier molecular flexibility index (Phi) is 8.58. The topological polar surface area (TPSA) is 69.2 Å². The van der Waals surface area contributed by atoms with Crippen LogP contribution in [0.15, 0.2) is 59.7 Å². The number of amides is 1. The first-order valence-electron chi connectivity index (χ1n) is 10.1. The number of methoxy groups -OCH3 is 1. The molecule has 0 aromatic heterocycles. The first kappa shape index (κ1) is 24.4. The molecule has 1 amide bonds. The number of para-hydroxylation sites is 1. The highest BCUT2D eigenvalue weighted by Crippen LogP contribution is 2.29. The van der Waals surface area contributed by atoms with Gasteiger partial charge in [0.2, 0.25) is 0 Å². The molecule has 0 spiro atoms. The van der Waals surface area contributed by atoms with E-state index in [0.29, 0.717) is 33.9 Å². The smallest absolute Gasteiger partial charge is 0.277 e. The zero-order valence-corrected chi connectivity index (χ0v) is 20.0. The third-order valence-electron chi connectivity index (χ3n) is 4.73. The number of hydrogen-bond donors (Lipinski definition) is 1. The molecule has 33 heavy (non-hydrogen) atoms. The van der Waals surface area contributed by atoms with Crippen LogP contribution in [0.3, 0.4) is 0 Å². The number of halogens is 2. The monoisotopic (exact) mass is 486 g/mol. The van der Waals surface area contributed by atoms with E-state index in [4.69, 9.17) is 37.4 Å². The third kappa shape index (κ3) is 6.88. The lowest BCUT2D eigenvalue weighted by Crippen LogP contribution is -2.25. The molecule has 0 aliphatic carbocycles. The predicted molar refractivity (Wildman–Crippen MR) is 131 cm³/mol. The average molecular weight is 487 g/mol. The fourth-order valence-electron chi connectivity index (χ4n) is 3.05. The van der Waals surface area contributed by atoms with Crippen LogP contribution in [0, 0.1) is 13.8 Å². The molecule has 6 nitrogen and oxygen atoms in total. The van der Waals surface area contributed by atoms with Gasteiger partial charge in [-0.2, -0.15) is 5.10 Å². The molecular weight excluding hydrogens is 463 g/mol. The molecule has 3 aromatic rings. The molecule has 0 saturated heterocycles. The highest BCUT2D eigenvalue weighted by molar-refractivity contribution is 6.42. The Morgan fingerprint density at radius 3 is 2.42 bits per heavy atom. The highest BCUT2D eigenvalue weighted by atomic mass is 35.5. The van der Waals surface area contributed by atoms with Gasteiger partial charge in [-0.25, -0.2) is 5.43 Å². The summed E-state index contributed by atoms with van der Waals surface area (Å²) in [4.78, 5) is 12.1. The van der Waals surface area contributed by atoms with E-state index in [0.717, 1.165) is 22.3 Å². The van der Waals surface area contributed by atoms with Crippen molar-refractivity contribution in [3.05, 3.63) is 86.9 Å². The predicted octanol–water partition coefficient (Wildman–Crippen LogP) is 5.73. The molecule has 0 atom stereocenters. The largest absolute Gasteiger partial charge is 0.493 e. The van der Waals surface area contributed by atoms with Crippen molar-refractivity contribution in [3.8, 4) is 17.2 Å². The van der Waals surface area contributed by atoms with Crippen LogP contribution in [-0.4, -0.2) is 25.8 Å². The molecule has 3 rings (SSSR count). The van der Waals surface area contributed by atoms with Gasteiger partial charge in [-0.3, -0.25) is 4.79 Å². The lowest BCUT2D eigenvalue weighted by molar-refractivity contribution is -0.123. The van der Waals surface area contributed by atoms with E-state index < -0.39 is 0 Å². The van der Waals surface area contributed by atoms with Crippen molar-refractivity contribution < 1.29 is 19.0 Å². The fourth-order valence-corrected chi connectivity index (χ4v) is 3.37. The minimum Gasteiger partial charge on any atom is -0.493 e. The first-order valence-corrected chi connectivity index (χ1v) is 10.9. The van der Waals surface area contributed by atoms with Crippen LogP contribution in [0.5, 0.6) is 17.2 Å². The normalized spacial score (nSPS) is 10.8. The Balaban J connectivity index is 1.55. The van der Waals surface area contributed by atoms with Crippen LogP contribution >= 0.6 is 23.2 Å². The summed E-state index contributed by atoms with van der Waals surface area (Å²) in [6.45, 7) is 4.04. The minimum absolute atomic E-state index is 0.131. The van der Waals surface area contributed by atoms with Crippen molar-refractivity contribution in [1.29, 1.82) is 0 Å². The van der Waals surface area contributed by atoms with Gasteiger partial charge in [0.05, 0.1) is 23.4 Å².